The van der Waals surface area contributed by atoms with Crippen LogP contribution in [-0.4, -0.2) is 24.1 Å². The van der Waals surface area contributed by atoms with Gasteiger partial charge in [0.15, 0.2) is 17.5 Å². The highest BCUT2D eigenvalue weighted by Gasteiger charge is 2.29. The molecule has 64 heavy (non-hydrogen) atoms. The minimum absolute atomic E-state index is 0.635. The summed E-state index contributed by atoms with van der Waals surface area (Å²) < 4.78 is 14.3. The maximum absolute atomic E-state index is 7.09. The number of hydrogen-bond donors (Lipinski definition) is 0. The van der Waals surface area contributed by atoms with Crippen molar-refractivity contribution in [3.63, 3.8) is 0 Å². The summed E-state index contributed by atoms with van der Waals surface area (Å²) in [4.78, 5) is 15.5. The van der Waals surface area contributed by atoms with Crippen LogP contribution in [0.5, 0.6) is 0 Å². The van der Waals surface area contributed by atoms with E-state index in [1.807, 2.05) is 36.4 Å². The molecular weight excluding hydrogens is 803 g/mol. The predicted octanol–water partition coefficient (Wildman–Crippen LogP) is 15.3. The highest BCUT2D eigenvalue weighted by molar-refractivity contribution is 7.26. The van der Waals surface area contributed by atoms with Gasteiger partial charge in [0, 0.05) is 64.1 Å². The van der Waals surface area contributed by atoms with E-state index in [1.54, 1.807) is 11.3 Å². The number of nitrogens with zero attached hydrogens (tertiary/aromatic N) is 5. The molecular formula is C57H33N5OS. The quantitative estimate of drug-likeness (QED) is 0.173. The molecule has 298 valence electrons. The van der Waals surface area contributed by atoms with Crippen molar-refractivity contribution in [1.29, 1.82) is 0 Å². The molecule has 0 radical (unpaired) electrons. The fourth-order valence-corrected chi connectivity index (χ4v) is 11.3. The number of thiophene rings is 1. The van der Waals surface area contributed by atoms with Crippen LogP contribution in [0.25, 0.3) is 131 Å². The Morgan fingerprint density at radius 3 is 1.61 bits per heavy atom. The van der Waals surface area contributed by atoms with Crippen LogP contribution in [-0.2, 0) is 0 Å². The van der Waals surface area contributed by atoms with Gasteiger partial charge < -0.3 is 13.6 Å². The summed E-state index contributed by atoms with van der Waals surface area (Å²) in [6.45, 7) is 0. The molecule has 0 unspecified atom stereocenters. The third kappa shape index (κ3) is 4.98. The molecule has 5 aromatic heterocycles. The van der Waals surface area contributed by atoms with E-state index in [4.69, 9.17) is 19.4 Å². The SMILES string of the molecule is c1ccc(-c2nc(-c3ccccc3)nc(-c3ccc(-n4c5ccccc5c5c6oc7ccccc7c6c6c(c7ccccc7n6-c6ccccc6)c54)c4c3sc3ccccc34)n2)cc1. The first-order chi connectivity index (χ1) is 31.8. The van der Waals surface area contributed by atoms with Gasteiger partial charge in [0.1, 0.15) is 11.2 Å². The maximum Gasteiger partial charge on any atom is 0.165 e. The Bertz CT molecular complexity index is 4130. The summed E-state index contributed by atoms with van der Waals surface area (Å²) in [7, 11) is 0. The number of hydrogen-bond acceptors (Lipinski definition) is 5. The highest BCUT2D eigenvalue weighted by atomic mass is 32.1. The van der Waals surface area contributed by atoms with Crippen LogP contribution in [0.15, 0.2) is 205 Å². The van der Waals surface area contributed by atoms with Crippen molar-refractivity contribution in [2.24, 2.45) is 0 Å². The highest BCUT2D eigenvalue weighted by Crippen LogP contribution is 2.51. The summed E-state index contributed by atoms with van der Waals surface area (Å²) in [5.41, 5.74) is 11.2. The summed E-state index contributed by atoms with van der Waals surface area (Å²) in [5.74, 6) is 1.91. The molecule has 0 spiro atoms. The predicted molar refractivity (Wildman–Crippen MR) is 265 cm³/mol. The zero-order valence-electron chi connectivity index (χ0n) is 34.1. The molecule has 0 N–H and O–H groups in total. The standard InChI is InChI=1S/C57H33N5OS/c1-4-18-34(19-5-1)55-58-56(35-20-6-2-7-21-35)60-57(59-55)41-32-33-44(47-40-27-13-17-31-46(40)64-54(41)47)62-43-29-15-11-25-38(43)49-52(62)48-37-24-10-14-28-42(37)61(36-22-8-3-9-23-36)51(48)50-39-26-12-16-30-45(39)63-53(49)50/h1-33H. The largest absolute Gasteiger partial charge is 0.455 e. The molecule has 0 fully saturated rings. The molecule has 0 bridgehead atoms. The Kier molecular flexibility index (Phi) is 7.46. The average molecular weight is 836 g/mol. The summed E-state index contributed by atoms with van der Waals surface area (Å²) >= 11 is 1.79. The molecule has 0 aliphatic rings. The lowest BCUT2D eigenvalue weighted by Crippen LogP contribution is -2.01. The molecule has 9 aromatic carbocycles. The molecule has 0 aliphatic heterocycles. The Morgan fingerprint density at radius 2 is 0.906 bits per heavy atom. The number of fused-ring (bicyclic) bond motifs is 15. The second-order valence-electron chi connectivity index (χ2n) is 16.3. The van der Waals surface area contributed by atoms with Gasteiger partial charge in [-0.05, 0) is 48.5 Å². The summed E-state index contributed by atoms with van der Waals surface area (Å²) in [6.07, 6.45) is 0. The molecule has 0 saturated carbocycles. The van der Waals surface area contributed by atoms with Crippen LogP contribution in [0.2, 0.25) is 0 Å². The summed E-state index contributed by atoms with van der Waals surface area (Å²) in [5, 5.41) is 9.12. The number of aromatic nitrogens is 5. The smallest absolute Gasteiger partial charge is 0.165 e. The monoisotopic (exact) mass is 835 g/mol. The lowest BCUT2D eigenvalue weighted by atomic mass is 10.0. The van der Waals surface area contributed by atoms with Gasteiger partial charge in [0.2, 0.25) is 0 Å². The van der Waals surface area contributed by atoms with Gasteiger partial charge in [0.25, 0.3) is 0 Å². The van der Waals surface area contributed by atoms with Crippen LogP contribution in [0, 0.1) is 0 Å². The van der Waals surface area contributed by atoms with Crippen molar-refractivity contribution in [2.75, 3.05) is 0 Å². The normalized spacial score (nSPS) is 12.1. The molecule has 14 aromatic rings. The topological polar surface area (TPSA) is 61.7 Å². The fourth-order valence-electron chi connectivity index (χ4n) is 10.1. The van der Waals surface area contributed by atoms with Gasteiger partial charge in [0.05, 0.1) is 38.5 Å². The Labute approximate surface area is 369 Å². The van der Waals surface area contributed by atoms with E-state index in [-0.39, 0.29) is 0 Å². The van der Waals surface area contributed by atoms with E-state index in [1.165, 1.54) is 20.9 Å². The van der Waals surface area contributed by atoms with Gasteiger partial charge >= 0.3 is 0 Å². The Hall–Kier alpha value is -8.39. The summed E-state index contributed by atoms with van der Waals surface area (Å²) in [6, 6.07) is 70.4. The fraction of sp³-hybridized carbons (Fsp3) is 0. The maximum atomic E-state index is 7.09. The second kappa shape index (κ2) is 13.6. The van der Waals surface area contributed by atoms with Crippen molar-refractivity contribution in [3.05, 3.63) is 200 Å². The van der Waals surface area contributed by atoms with E-state index >= 15 is 0 Å². The minimum Gasteiger partial charge on any atom is -0.455 e. The first kappa shape index (κ1) is 35.2. The zero-order valence-corrected chi connectivity index (χ0v) is 34.9. The molecule has 0 amide bonds. The molecule has 0 atom stereocenters. The number of para-hydroxylation sites is 4. The van der Waals surface area contributed by atoms with Crippen molar-refractivity contribution in [1.82, 2.24) is 24.1 Å². The van der Waals surface area contributed by atoms with Crippen LogP contribution >= 0.6 is 11.3 Å². The van der Waals surface area contributed by atoms with E-state index in [0.29, 0.717) is 17.5 Å². The number of benzene rings is 9. The lowest BCUT2D eigenvalue weighted by Gasteiger charge is -2.14. The van der Waals surface area contributed by atoms with Crippen LogP contribution in [0.4, 0.5) is 0 Å². The molecule has 5 heterocycles. The second-order valence-corrected chi connectivity index (χ2v) is 17.3. The van der Waals surface area contributed by atoms with Gasteiger partial charge in [-0.25, -0.2) is 15.0 Å². The average Bonchev–Trinajstić information content (AvgIpc) is 4.13. The van der Waals surface area contributed by atoms with Gasteiger partial charge in [-0.15, -0.1) is 11.3 Å². The minimum atomic E-state index is 0.635. The van der Waals surface area contributed by atoms with E-state index in [2.05, 4.69) is 173 Å². The zero-order chi connectivity index (χ0) is 41.9. The van der Waals surface area contributed by atoms with E-state index < -0.39 is 0 Å². The molecule has 14 rings (SSSR count). The van der Waals surface area contributed by atoms with Gasteiger partial charge in [-0.3, -0.25) is 0 Å². The molecule has 0 saturated heterocycles. The van der Waals surface area contributed by atoms with Crippen molar-refractivity contribution < 1.29 is 4.42 Å². The number of rotatable bonds is 5. The molecule has 7 heteroatoms. The molecule has 6 nitrogen and oxygen atoms in total. The van der Waals surface area contributed by atoms with E-state index in [9.17, 15) is 0 Å². The van der Waals surface area contributed by atoms with Gasteiger partial charge in [-0.1, -0.05) is 152 Å². The van der Waals surface area contributed by atoms with Gasteiger partial charge in [-0.2, -0.15) is 0 Å². The Morgan fingerprint density at radius 1 is 0.391 bits per heavy atom. The first-order valence-electron chi connectivity index (χ1n) is 21.5. The Balaban J connectivity index is 1.16. The van der Waals surface area contributed by atoms with Crippen molar-refractivity contribution in [2.45, 2.75) is 0 Å². The first-order valence-corrected chi connectivity index (χ1v) is 22.3. The lowest BCUT2D eigenvalue weighted by molar-refractivity contribution is 0.673. The number of furan rings is 1. The van der Waals surface area contributed by atoms with Crippen molar-refractivity contribution >= 4 is 97.1 Å². The van der Waals surface area contributed by atoms with Crippen molar-refractivity contribution in [3.8, 4) is 45.5 Å². The van der Waals surface area contributed by atoms with Crippen LogP contribution in [0.1, 0.15) is 0 Å². The molecule has 0 aliphatic carbocycles. The third-order valence-electron chi connectivity index (χ3n) is 12.7. The van der Waals surface area contributed by atoms with E-state index in [0.717, 1.165) is 92.9 Å². The third-order valence-corrected chi connectivity index (χ3v) is 13.9. The van der Waals surface area contributed by atoms with Crippen LogP contribution < -0.4 is 0 Å². The van der Waals surface area contributed by atoms with Crippen LogP contribution in [0.3, 0.4) is 0 Å².